The molecule has 0 aromatic heterocycles. The number of ketones is 1. The number of carbonyl (C=O) groups excluding carboxylic acids is 1. The molecule has 1 aliphatic heterocycles. The lowest BCUT2D eigenvalue weighted by molar-refractivity contribution is -0.128. The van der Waals surface area contributed by atoms with Gasteiger partial charge in [-0.05, 0) is 30.0 Å². The maximum atomic E-state index is 13.0. The summed E-state index contributed by atoms with van der Waals surface area (Å²) in [5.74, 6) is -1.68. The zero-order chi connectivity index (χ0) is 12.4. The fourth-order valence-corrected chi connectivity index (χ4v) is 2.06. The van der Waals surface area contributed by atoms with Gasteiger partial charge in [0.25, 0.3) is 0 Å². The molecule has 1 heterocycles. The quantitative estimate of drug-likeness (QED) is 0.811. The highest BCUT2D eigenvalue weighted by atomic mass is 19.2. The number of hydrogen-bond donors (Lipinski definition) is 0. The van der Waals surface area contributed by atoms with Crippen molar-refractivity contribution in [3.63, 3.8) is 0 Å². The molecular weight excluding hydrogens is 226 g/mol. The van der Waals surface area contributed by atoms with Gasteiger partial charge in [-0.2, -0.15) is 0 Å². The Balaban J connectivity index is 2.05. The number of rotatable bonds is 3. The molecule has 2 nitrogen and oxygen atoms in total. The van der Waals surface area contributed by atoms with Crippen LogP contribution in [-0.2, 0) is 16.0 Å². The smallest absolute Gasteiger partial charge is 0.166 e. The zero-order valence-electron chi connectivity index (χ0n) is 9.58. The van der Waals surface area contributed by atoms with E-state index in [1.54, 1.807) is 0 Å². The van der Waals surface area contributed by atoms with E-state index in [4.69, 9.17) is 4.74 Å². The Hall–Kier alpha value is -1.29. The molecule has 0 saturated carbocycles. The van der Waals surface area contributed by atoms with Crippen LogP contribution < -0.4 is 0 Å². The van der Waals surface area contributed by atoms with Crippen molar-refractivity contribution in [2.24, 2.45) is 5.92 Å². The first kappa shape index (κ1) is 12.2. The summed E-state index contributed by atoms with van der Waals surface area (Å²) in [5, 5.41) is 0. The highest BCUT2D eigenvalue weighted by Crippen LogP contribution is 2.22. The Morgan fingerprint density at radius 3 is 2.76 bits per heavy atom. The molecule has 0 amide bonds. The lowest BCUT2D eigenvalue weighted by Gasteiger charge is -2.13. The van der Waals surface area contributed by atoms with Crippen LogP contribution in [0.1, 0.15) is 18.9 Å². The number of Topliss-reactive ketones (excluding diaryl/α,β-unsaturated/α-hetero) is 1. The van der Waals surface area contributed by atoms with Gasteiger partial charge in [0.1, 0.15) is 6.10 Å². The minimum atomic E-state index is -0.921. The van der Waals surface area contributed by atoms with Crippen LogP contribution >= 0.6 is 0 Å². The van der Waals surface area contributed by atoms with Crippen molar-refractivity contribution in [1.82, 2.24) is 0 Å². The predicted octanol–water partition coefficient (Wildman–Crippen LogP) is 2.50. The van der Waals surface area contributed by atoms with E-state index < -0.39 is 17.7 Å². The Morgan fingerprint density at radius 1 is 1.41 bits per heavy atom. The average Bonchev–Trinajstić information content (AvgIpc) is 2.70. The van der Waals surface area contributed by atoms with E-state index in [1.165, 1.54) is 6.07 Å². The maximum absolute atomic E-state index is 13.0. The first-order chi connectivity index (χ1) is 8.08. The summed E-state index contributed by atoms with van der Waals surface area (Å²) in [6.07, 6.45) is 0.559. The summed E-state index contributed by atoms with van der Waals surface area (Å²) in [6, 6.07) is 3.53. The van der Waals surface area contributed by atoms with Gasteiger partial charge in [-0.1, -0.05) is 13.0 Å². The van der Waals surface area contributed by atoms with Gasteiger partial charge in [-0.15, -0.1) is 0 Å². The molecule has 2 rings (SSSR count). The second-order valence-corrected chi connectivity index (χ2v) is 4.45. The Morgan fingerprint density at radius 2 is 2.18 bits per heavy atom. The third-order valence-corrected chi connectivity index (χ3v) is 3.07. The molecule has 1 aliphatic rings. The van der Waals surface area contributed by atoms with Crippen LogP contribution in [0.15, 0.2) is 18.2 Å². The van der Waals surface area contributed by atoms with Gasteiger partial charge in [-0.25, -0.2) is 8.78 Å². The van der Waals surface area contributed by atoms with Gasteiger partial charge in [0, 0.05) is 13.0 Å². The average molecular weight is 240 g/mol. The molecule has 92 valence electrons. The topological polar surface area (TPSA) is 26.3 Å². The molecular formula is C13H14F2O2. The normalized spacial score (nSPS) is 23.9. The van der Waals surface area contributed by atoms with E-state index in [9.17, 15) is 13.6 Å². The summed E-state index contributed by atoms with van der Waals surface area (Å²) < 4.78 is 31.0. The number of halogens is 2. The van der Waals surface area contributed by atoms with E-state index in [2.05, 4.69) is 0 Å². The van der Waals surface area contributed by atoms with Gasteiger partial charge in [-0.3, -0.25) is 4.79 Å². The van der Waals surface area contributed by atoms with Crippen LogP contribution in [0.5, 0.6) is 0 Å². The summed E-state index contributed by atoms with van der Waals surface area (Å²) >= 11 is 0. The molecule has 0 radical (unpaired) electrons. The lowest BCUT2D eigenvalue weighted by atomic mass is 9.96. The molecule has 0 spiro atoms. The monoisotopic (exact) mass is 240 g/mol. The number of ether oxygens (including phenoxy) is 1. The number of hydrogen-bond acceptors (Lipinski definition) is 2. The fourth-order valence-electron chi connectivity index (χ4n) is 2.06. The summed E-state index contributed by atoms with van der Waals surface area (Å²) in [6.45, 7) is 2.55. The molecule has 1 saturated heterocycles. The highest BCUT2D eigenvalue weighted by Gasteiger charge is 2.30. The van der Waals surface area contributed by atoms with Gasteiger partial charge >= 0.3 is 0 Å². The van der Waals surface area contributed by atoms with Crippen molar-refractivity contribution in [3.05, 3.63) is 35.4 Å². The van der Waals surface area contributed by atoms with E-state index in [0.717, 1.165) is 18.6 Å². The SMILES string of the molecule is CC1CCOC1C(=O)Cc1ccc(F)c(F)c1. The molecule has 0 bridgehead atoms. The molecule has 1 aromatic rings. The third-order valence-electron chi connectivity index (χ3n) is 3.07. The minimum absolute atomic E-state index is 0.0685. The summed E-state index contributed by atoms with van der Waals surface area (Å²) in [7, 11) is 0. The second kappa shape index (κ2) is 4.92. The van der Waals surface area contributed by atoms with Crippen LogP contribution in [0.25, 0.3) is 0 Å². The van der Waals surface area contributed by atoms with E-state index in [0.29, 0.717) is 12.2 Å². The molecule has 2 atom stereocenters. The van der Waals surface area contributed by atoms with Crippen molar-refractivity contribution in [3.8, 4) is 0 Å². The van der Waals surface area contributed by atoms with Crippen molar-refractivity contribution in [2.75, 3.05) is 6.61 Å². The summed E-state index contributed by atoms with van der Waals surface area (Å²) in [5.41, 5.74) is 0.483. The van der Waals surface area contributed by atoms with Crippen molar-refractivity contribution < 1.29 is 18.3 Å². The van der Waals surface area contributed by atoms with Crippen molar-refractivity contribution in [1.29, 1.82) is 0 Å². The van der Waals surface area contributed by atoms with Crippen LogP contribution in [0, 0.1) is 17.6 Å². The predicted molar refractivity (Wildman–Crippen MR) is 58.6 cm³/mol. The number of carbonyl (C=O) groups is 1. The van der Waals surface area contributed by atoms with E-state index >= 15 is 0 Å². The van der Waals surface area contributed by atoms with E-state index in [1.807, 2.05) is 6.92 Å². The molecule has 17 heavy (non-hydrogen) atoms. The summed E-state index contributed by atoms with van der Waals surface area (Å²) in [4.78, 5) is 11.9. The zero-order valence-corrected chi connectivity index (χ0v) is 9.58. The van der Waals surface area contributed by atoms with Crippen LogP contribution in [0.4, 0.5) is 8.78 Å². The molecule has 2 unspecified atom stereocenters. The van der Waals surface area contributed by atoms with E-state index in [-0.39, 0.29) is 18.1 Å². The molecule has 0 aliphatic carbocycles. The van der Waals surface area contributed by atoms with Gasteiger partial charge in [0.15, 0.2) is 17.4 Å². The molecule has 1 aromatic carbocycles. The van der Waals surface area contributed by atoms with Crippen molar-refractivity contribution in [2.45, 2.75) is 25.9 Å². The first-order valence-corrected chi connectivity index (χ1v) is 5.66. The molecule has 0 N–H and O–H groups in total. The van der Waals surface area contributed by atoms with Crippen LogP contribution in [-0.4, -0.2) is 18.5 Å². The van der Waals surface area contributed by atoms with Crippen molar-refractivity contribution >= 4 is 5.78 Å². The minimum Gasteiger partial charge on any atom is -0.370 e. The largest absolute Gasteiger partial charge is 0.370 e. The first-order valence-electron chi connectivity index (χ1n) is 5.66. The van der Waals surface area contributed by atoms with Crippen LogP contribution in [0.3, 0.4) is 0 Å². The van der Waals surface area contributed by atoms with Gasteiger partial charge in [0.2, 0.25) is 0 Å². The lowest BCUT2D eigenvalue weighted by Crippen LogP contribution is -2.26. The van der Waals surface area contributed by atoms with Gasteiger partial charge in [0.05, 0.1) is 0 Å². The molecule has 4 heteroatoms. The second-order valence-electron chi connectivity index (χ2n) is 4.45. The maximum Gasteiger partial charge on any atom is 0.166 e. The third kappa shape index (κ3) is 2.69. The Labute approximate surface area is 98.6 Å². The van der Waals surface area contributed by atoms with Crippen LogP contribution in [0.2, 0.25) is 0 Å². The Bertz CT molecular complexity index is 431. The molecule has 1 fully saturated rings. The standard InChI is InChI=1S/C13H14F2O2/c1-8-4-5-17-13(8)12(16)7-9-2-3-10(14)11(15)6-9/h2-3,6,8,13H,4-5,7H2,1H3. The van der Waals surface area contributed by atoms with Gasteiger partial charge < -0.3 is 4.74 Å². The fraction of sp³-hybridized carbons (Fsp3) is 0.462. The Kier molecular flexibility index (Phi) is 3.52. The highest BCUT2D eigenvalue weighted by molar-refractivity contribution is 5.85. The number of benzene rings is 1.